The summed E-state index contributed by atoms with van der Waals surface area (Å²) in [5.41, 5.74) is 1.08. The molecule has 0 radical (unpaired) electrons. The number of hydrogen-bond acceptors (Lipinski definition) is 2. The first-order valence-corrected chi connectivity index (χ1v) is 8.19. The van der Waals surface area contributed by atoms with Gasteiger partial charge in [-0.25, -0.2) is 4.79 Å². The molecule has 0 fully saturated rings. The number of allylic oxidation sites excluding steroid dienone is 2. The third kappa shape index (κ3) is 4.24. The van der Waals surface area contributed by atoms with Crippen LogP contribution >= 0.6 is 0 Å². The predicted octanol–water partition coefficient (Wildman–Crippen LogP) is 4.91. The van der Waals surface area contributed by atoms with Gasteiger partial charge >= 0.3 is 5.97 Å². The van der Waals surface area contributed by atoms with Gasteiger partial charge in [-0.05, 0) is 56.2 Å². The first kappa shape index (κ1) is 16.4. The molecule has 2 heteroatoms. The standard InChI is InChI=1S/C20H24O2/c1-3-20(4-2,16-15-17-11-7-5-8-12-17)22-19(21)18-13-9-6-10-14-18/h6,9-11,13-14H,3-5,7-8,12H2,1-2H3. The summed E-state index contributed by atoms with van der Waals surface area (Å²) in [6.07, 6.45) is 8.22. The summed E-state index contributed by atoms with van der Waals surface area (Å²) in [6.45, 7) is 4.04. The van der Waals surface area contributed by atoms with Gasteiger partial charge in [-0.2, -0.15) is 0 Å². The summed E-state index contributed by atoms with van der Waals surface area (Å²) in [5.74, 6) is 6.20. The molecule has 1 aliphatic rings. The van der Waals surface area contributed by atoms with Crippen LogP contribution in [0.25, 0.3) is 0 Å². The second-order valence-corrected chi connectivity index (χ2v) is 5.68. The number of carbonyl (C=O) groups is 1. The second-order valence-electron chi connectivity index (χ2n) is 5.68. The van der Waals surface area contributed by atoms with Crippen molar-refractivity contribution in [3.8, 4) is 11.8 Å². The molecule has 0 saturated heterocycles. The second kappa shape index (κ2) is 7.84. The van der Waals surface area contributed by atoms with Crippen molar-refractivity contribution in [3.63, 3.8) is 0 Å². The van der Waals surface area contributed by atoms with Crippen molar-refractivity contribution in [2.45, 2.75) is 58.0 Å². The number of ether oxygens (including phenoxy) is 1. The van der Waals surface area contributed by atoms with Gasteiger partial charge < -0.3 is 4.74 Å². The molecule has 2 rings (SSSR count). The van der Waals surface area contributed by atoms with E-state index in [-0.39, 0.29) is 5.97 Å². The Morgan fingerprint density at radius 2 is 1.91 bits per heavy atom. The van der Waals surface area contributed by atoms with Gasteiger partial charge in [0, 0.05) is 0 Å². The summed E-state index contributed by atoms with van der Waals surface area (Å²) >= 11 is 0. The third-order valence-electron chi connectivity index (χ3n) is 4.18. The van der Waals surface area contributed by atoms with Crippen LogP contribution in [0.2, 0.25) is 0 Å². The normalized spacial score (nSPS) is 14.5. The number of esters is 1. The summed E-state index contributed by atoms with van der Waals surface area (Å²) in [5, 5.41) is 0. The predicted molar refractivity (Wildman–Crippen MR) is 89.5 cm³/mol. The van der Waals surface area contributed by atoms with E-state index in [9.17, 15) is 4.79 Å². The first-order valence-electron chi connectivity index (χ1n) is 8.19. The molecule has 0 bridgehead atoms. The maximum atomic E-state index is 12.3. The molecule has 0 spiro atoms. The molecule has 0 unspecified atom stereocenters. The minimum Gasteiger partial charge on any atom is -0.442 e. The van der Waals surface area contributed by atoms with Gasteiger partial charge in [-0.3, -0.25) is 0 Å². The topological polar surface area (TPSA) is 26.3 Å². The van der Waals surface area contributed by atoms with E-state index in [1.54, 1.807) is 12.1 Å². The highest BCUT2D eigenvalue weighted by atomic mass is 16.6. The van der Waals surface area contributed by atoms with Crippen LogP contribution < -0.4 is 0 Å². The molecule has 22 heavy (non-hydrogen) atoms. The van der Waals surface area contributed by atoms with E-state index in [0.717, 1.165) is 12.8 Å². The first-order chi connectivity index (χ1) is 10.7. The van der Waals surface area contributed by atoms with Gasteiger partial charge in [0.2, 0.25) is 0 Å². The molecule has 0 saturated carbocycles. The average molecular weight is 296 g/mol. The number of rotatable bonds is 4. The molecule has 0 atom stereocenters. The Kier molecular flexibility index (Phi) is 5.83. The van der Waals surface area contributed by atoms with Gasteiger partial charge in [0.15, 0.2) is 5.60 Å². The maximum absolute atomic E-state index is 12.3. The van der Waals surface area contributed by atoms with Crippen molar-refractivity contribution >= 4 is 5.97 Å². The van der Waals surface area contributed by atoms with Crippen molar-refractivity contribution in [1.82, 2.24) is 0 Å². The fraction of sp³-hybridized carbons (Fsp3) is 0.450. The fourth-order valence-corrected chi connectivity index (χ4v) is 2.55. The highest BCUT2D eigenvalue weighted by Gasteiger charge is 2.29. The molecule has 1 aromatic carbocycles. The Bertz CT molecular complexity index is 583. The minimum atomic E-state index is -0.689. The Hall–Kier alpha value is -2.01. The summed E-state index contributed by atoms with van der Waals surface area (Å²) in [4.78, 5) is 12.3. The van der Waals surface area contributed by atoms with Crippen LogP contribution in [0.15, 0.2) is 42.0 Å². The molecule has 0 heterocycles. The summed E-state index contributed by atoms with van der Waals surface area (Å²) in [7, 11) is 0. The largest absolute Gasteiger partial charge is 0.442 e. The van der Waals surface area contributed by atoms with Gasteiger partial charge in [0.1, 0.15) is 0 Å². The van der Waals surface area contributed by atoms with Crippen LogP contribution in [-0.4, -0.2) is 11.6 Å². The quantitative estimate of drug-likeness (QED) is 0.583. The third-order valence-corrected chi connectivity index (χ3v) is 4.18. The van der Waals surface area contributed by atoms with Gasteiger partial charge in [0.05, 0.1) is 5.56 Å². The van der Waals surface area contributed by atoms with E-state index in [1.807, 2.05) is 32.0 Å². The van der Waals surface area contributed by atoms with E-state index in [4.69, 9.17) is 4.74 Å². The van der Waals surface area contributed by atoms with Crippen molar-refractivity contribution in [3.05, 3.63) is 47.5 Å². The smallest absolute Gasteiger partial charge is 0.339 e. The van der Waals surface area contributed by atoms with Crippen LogP contribution in [0.5, 0.6) is 0 Å². The number of benzene rings is 1. The average Bonchev–Trinajstić information content (AvgIpc) is 2.60. The molecule has 0 N–H and O–H groups in total. The SMILES string of the molecule is CCC(C#CC1=CCCCC1)(CC)OC(=O)c1ccccc1. The molecule has 2 nitrogen and oxygen atoms in total. The molecule has 0 aromatic heterocycles. The Balaban J connectivity index is 2.16. The van der Waals surface area contributed by atoms with Crippen LogP contribution in [0.3, 0.4) is 0 Å². The van der Waals surface area contributed by atoms with Crippen molar-refractivity contribution < 1.29 is 9.53 Å². The molecule has 0 aliphatic heterocycles. The molecule has 1 aliphatic carbocycles. The number of carbonyl (C=O) groups excluding carboxylic acids is 1. The van der Waals surface area contributed by atoms with Crippen LogP contribution in [0.4, 0.5) is 0 Å². The zero-order valence-electron chi connectivity index (χ0n) is 13.5. The molecule has 0 amide bonds. The Morgan fingerprint density at radius 3 is 2.50 bits per heavy atom. The lowest BCUT2D eigenvalue weighted by atomic mass is 9.95. The lowest BCUT2D eigenvalue weighted by Crippen LogP contribution is -2.32. The minimum absolute atomic E-state index is 0.295. The Labute approximate surface area is 133 Å². The lowest BCUT2D eigenvalue weighted by Gasteiger charge is -2.26. The van der Waals surface area contributed by atoms with Crippen LogP contribution in [-0.2, 0) is 4.74 Å². The zero-order valence-corrected chi connectivity index (χ0v) is 13.5. The van der Waals surface area contributed by atoms with Gasteiger partial charge in [0.25, 0.3) is 0 Å². The van der Waals surface area contributed by atoms with E-state index < -0.39 is 5.60 Å². The van der Waals surface area contributed by atoms with Crippen LogP contribution in [0, 0.1) is 11.8 Å². The van der Waals surface area contributed by atoms with Crippen molar-refractivity contribution in [2.24, 2.45) is 0 Å². The van der Waals surface area contributed by atoms with Gasteiger partial charge in [-0.1, -0.05) is 50.0 Å². The van der Waals surface area contributed by atoms with Gasteiger partial charge in [-0.15, -0.1) is 0 Å². The fourth-order valence-electron chi connectivity index (χ4n) is 2.55. The van der Waals surface area contributed by atoms with E-state index >= 15 is 0 Å². The molecular weight excluding hydrogens is 272 g/mol. The molecule has 116 valence electrons. The molecule has 1 aromatic rings. The van der Waals surface area contributed by atoms with E-state index in [2.05, 4.69) is 17.9 Å². The lowest BCUT2D eigenvalue weighted by molar-refractivity contribution is 0.00480. The van der Waals surface area contributed by atoms with E-state index in [1.165, 1.54) is 18.4 Å². The number of hydrogen-bond donors (Lipinski definition) is 0. The highest BCUT2D eigenvalue weighted by Crippen LogP contribution is 2.23. The Morgan fingerprint density at radius 1 is 1.18 bits per heavy atom. The van der Waals surface area contributed by atoms with E-state index in [0.29, 0.717) is 18.4 Å². The summed E-state index contributed by atoms with van der Waals surface area (Å²) < 4.78 is 5.77. The molecular formula is C20H24O2. The van der Waals surface area contributed by atoms with Crippen LogP contribution in [0.1, 0.15) is 62.7 Å². The van der Waals surface area contributed by atoms with Crippen molar-refractivity contribution in [1.29, 1.82) is 0 Å². The van der Waals surface area contributed by atoms with Crippen molar-refractivity contribution in [2.75, 3.05) is 0 Å². The monoisotopic (exact) mass is 296 g/mol. The zero-order chi connectivity index (χ0) is 15.8. The summed E-state index contributed by atoms with van der Waals surface area (Å²) in [6, 6.07) is 9.12. The maximum Gasteiger partial charge on any atom is 0.339 e. The highest BCUT2D eigenvalue weighted by molar-refractivity contribution is 5.89.